The molecule has 0 heterocycles. The summed E-state index contributed by atoms with van der Waals surface area (Å²) in [5, 5.41) is 0. The Labute approximate surface area is 58.8 Å². The van der Waals surface area contributed by atoms with Gasteiger partial charge in [-0.1, -0.05) is 0 Å². The largest absolute Gasteiger partial charge is 0.693 e. The summed E-state index contributed by atoms with van der Waals surface area (Å²) >= 11 is 0. The molecule has 0 bridgehead atoms. The molecule has 0 aromatic rings. The van der Waals surface area contributed by atoms with Crippen LogP contribution in [0.3, 0.4) is 0 Å². The molecule has 7 heavy (non-hydrogen) atoms. The molecule has 0 aromatic heterocycles. The molecule has 1 radical (unpaired) electrons. The molecule has 4 nitrogen and oxygen atoms in total. The van der Waals surface area contributed by atoms with E-state index in [0.717, 1.165) is 0 Å². The SMILES string of the molecule is O.O.[CH3-].[CH3-].[Ir].[NH2-].[NH2-]. The number of hydrogen-bond donors (Lipinski definition) is 0. The van der Waals surface area contributed by atoms with E-state index in [0.29, 0.717) is 0 Å². The molecule has 0 aromatic carbocycles. The molecule has 8 N–H and O–H groups in total. The van der Waals surface area contributed by atoms with Crippen LogP contribution in [0, 0.1) is 14.9 Å². The van der Waals surface area contributed by atoms with Gasteiger partial charge in [-0.3, -0.25) is 0 Å². The molecule has 5 heteroatoms. The first-order chi connectivity index (χ1) is 0. The number of rotatable bonds is 0. The van der Waals surface area contributed by atoms with Crippen molar-refractivity contribution in [3.05, 3.63) is 27.2 Å². The van der Waals surface area contributed by atoms with E-state index >= 15 is 0 Å². The van der Waals surface area contributed by atoms with E-state index in [1.165, 1.54) is 0 Å². The maximum Gasteiger partial charge on any atom is 0 e. The van der Waals surface area contributed by atoms with Gasteiger partial charge in [-0.05, 0) is 0 Å². The molecule has 0 aliphatic rings. The van der Waals surface area contributed by atoms with Gasteiger partial charge in [0, 0.05) is 20.1 Å². The summed E-state index contributed by atoms with van der Waals surface area (Å²) in [5.74, 6) is 0. The molecule has 0 amide bonds. The van der Waals surface area contributed by atoms with Crippen LogP contribution in [-0.2, 0) is 20.1 Å². The number of hydrogen-bond acceptors (Lipinski definition) is 0. The summed E-state index contributed by atoms with van der Waals surface area (Å²) in [6, 6.07) is 0. The first-order valence-electron chi connectivity index (χ1n) is 0. The summed E-state index contributed by atoms with van der Waals surface area (Å²) in [6.45, 7) is 0. The zero-order valence-electron chi connectivity index (χ0n) is 4.49. The molecule has 0 aliphatic carbocycles. The molecule has 0 unspecified atom stereocenters. The third-order valence-corrected chi connectivity index (χ3v) is 0. The molecule has 0 atom stereocenters. The average molecular weight is 290 g/mol. The summed E-state index contributed by atoms with van der Waals surface area (Å²) in [4.78, 5) is 0. The minimum absolute atomic E-state index is 0. The first-order valence-corrected chi connectivity index (χ1v) is 0. The van der Waals surface area contributed by atoms with Crippen LogP contribution in [0.25, 0.3) is 12.3 Å². The van der Waals surface area contributed by atoms with E-state index in [1.807, 2.05) is 0 Å². The topological polar surface area (TPSA) is 130 Å². The Bertz CT molecular complexity index is 13.7. The van der Waals surface area contributed by atoms with Crippen molar-refractivity contribution in [1.82, 2.24) is 0 Å². The molecular formula is C2H14IrN2O2-4. The molecule has 0 saturated heterocycles. The first kappa shape index (κ1) is 1320. The minimum Gasteiger partial charge on any atom is -0.693 e. The van der Waals surface area contributed by atoms with E-state index in [2.05, 4.69) is 0 Å². The van der Waals surface area contributed by atoms with Gasteiger partial charge in [-0.15, -0.1) is 0 Å². The smallest absolute Gasteiger partial charge is 0 e. The predicted octanol–water partition coefficient (Wildman–Crippen LogP) is 0.683. The third kappa shape index (κ3) is 546. The van der Waals surface area contributed by atoms with Crippen molar-refractivity contribution in [3.8, 4) is 0 Å². The monoisotopic (exact) mass is 291 g/mol. The second-order valence-corrected chi connectivity index (χ2v) is 0. The maximum absolute atomic E-state index is 0. The van der Waals surface area contributed by atoms with Crippen LogP contribution in [0.1, 0.15) is 0 Å². The molecule has 0 saturated carbocycles. The van der Waals surface area contributed by atoms with Crippen LogP contribution in [0.15, 0.2) is 0 Å². The predicted molar refractivity (Wildman–Crippen MR) is 30.6 cm³/mol. The van der Waals surface area contributed by atoms with Gasteiger partial charge in [0.1, 0.15) is 0 Å². The van der Waals surface area contributed by atoms with Gasteiger partial charge < -0.3 is 38.1 Å². The Morgan fingerprint density at radius 2 is 0.571 bits per heavy atom. The standard InChI is InChI=1S/2CH3.Ir.2H2N.2H2O/h2*1H3;;4*1H2/q2*-1;;2*-1;;. The molecule has 0 rings (SSSR count). The summed E-state index contributed by atoms with van der Waals surface area (Å²) in [7, 11) is 0. The van der Waals surface area contributed by atoms with Crippen LogP contribution >= 0.6 is 0 Å². The molecule has 0 spiro atoms. The van der Waals surface area contributed by atoms with Crippen molar-refractivity contribution >= 4 is 0 Å². The van der Waals surface area contributed by atoms with Crippen LogP contribution in [-0.4, -0.2) is 11.0 Å². The van der Waals surface area contributed by atoms with Crippen molar-refractivity contribution in [2.75, 3.05) is 0 Å². The van der Waals surface area contributed by atoms with Gasteiger partial charge >= 0.3 is 0 Å². The second-order valence-electron chi connectivity index (χ2n) is 0. The van der Waals surface area contributed by atoms with Gasteiger partial charge in [0.2, 0.25) is 0 Å². The molecular weight excluding hydrogens is 276 g/mol. The Morgan fingerprint density at radius 1 is 0.571 bits per heavy atom. The fourth-order valence-corrected chi connectivity index (χ4v) is 0. The molecule has 0 aliphatic heterocycles. The van der Waals surface area contributed by atoms with Crippen LogP contribution in [0.4, 0.5) is 0 Å². The van der Waals surface area contributed by atoms with Gasteiger partial charge in [-0.25, -0.2) is 0 Å². The quantitative estimate of drug-likeness (QED) is 0.581. The van der Waals surface area contributed by atoms with Gasteiger partial charge in [0.15, 0.2) is 0 Å². The molecule has 0 fully saturated rings. The molecule has 57 valence electrons. The van der Waals surface area contributed by atoms with Crippen LogP contribution in [0.2, 0.25) is 0 Å². The van der Waals surface area contributed by atoms with Crippen molar-refractivity contribution < 1.29 is 31.1 Å². The van der Waals surface area contributed by atoms with E-state index < -0.39 is 0 Å². The van der Waals surface area contributed by atoms with E-state index in [9.17, 15) is 0 Å². The third-order valence-electron chi connectivity index (χ3n) is 0. The Hall–Kier alpha value is 0.489. The summed E-state index contributed by atoms with van der Waals surface area (Å²) in [6.07, 6.45) is 0. The van der Waals surface area contributed by atoms with Crippen LogP contribution < -0.4 is 0 Å². The Kier molecular flexibility index (Phi) is 154000. The van der Waals surface area contributed by atoms with E-state index in [4.69, 9.17) is 0 Å². The van der Waals surface area contributed by atoms with Gasteiger partial charge in [-0.2, -0.15) is 0 Å². The number of nitrogens with two attached hydrogens (primary N) is 2. The van der Waals surface area contributed by atoms with E-state index in [-0.39, 0.29) is 58.2 Å². The minimum atomic E-state index is 0. The summed E-state index contributed by atoms with van der Waals surface area (Å²) in [5.41, 5.74) is 0. The van der Waals surface area contributed by atoms with E-state index in [1.54, 1.807) is 0 Å². The zero-order chi connectivity index (χ0) is 0. The van der Waals surface area contributed by atoms with Crippen molar-refractivity contribution in [1.29, 1.82) is 0 Å². The van der Waals surface area contributed by atoms with Gasteiger partial charge in [0.05, 0.1) is 0 Å². The zero-order valence-corrected chi connectivity index (χ0v) is 6.88. The van der Waals surface area contributed by atoms with Gasteiger partial charge in [0.25, 0.3) is 0 Å². The van der Waals surface area contributed by atoms with Crippen molar-refractivity contribution in [2.45, 2.75) is 0 Å². The normalized spacial score (nSPS) is 0. The summed E-state index contributed by atoms with van der Waals surface area (Å²) < 4.78 is 0. The fraction of sp³-hybridized carbons (Fsp3) is 0. The van der Waals surface area contributed by atoms with Crippen LogP contribution in [0.5, 0.6) is 0 Å². The second kappa shape index (κ2) is 817. The Morgan fingerprint density at radius 3 is 0.571 bits per heavy atom. The Balaban J connectivity index is 0. The average Bonchev–Trinajstić information content (AvgIpc) is 0. The van der Waals surface area contributed by atoms with Crippen molar-refractivity contribution in [3.63, 3.8) is 0 Å². The van der Waals surface area contributed by atoms with Crippen molar-refractivity contribution in [2.24, 2.45) is 0 Å². The maximum atomic E-state index is 0. The fourth-order valence-electron chi connectivity index (χ4n) is 0.